The Morgan fingerprint density at radius 1 is 1.28 bits per heavy atom. The molecule has 3 rings (SSSR count). The van der Waals surface area contributed by atoms with Crippen molar-refractivity contribution in [2.45, 2.75) is 6.92 Å². The number of furan rings is 1. The largest absolute Gasteiger partial charge is 0.453 e. The Balaban J connectivity index is 2.26. The SMILES string of the molecule is Cc1cnc(N)c(-c2cc3cccc(F)c3o2)c1. The predicted molar refractivity (Wildman–Crippen MR) is 68.6 cm³/mol. The first-order valence-electron chi connectivity index (χ1n) is 5.56. The number of benzene rings is 1. The molecule has 18 heavy (non-hydrogen) atoms. The molecule has 4 heteroatoms. The molecule has 0 aliphatic heterocycles. The Kier molecular flexibility index (Phi) is 2.30. The fourth-order valence-corrected chi connectivity index (χ4v) is 1.94. The highest BCUT2D eigenvalue weighted by Crippen LogP contribution is 2.32. The van der Waals surface area contributed by atoms with Crippen molar-refractivity contribution in [1.82, 2.24) is 4.98 Å². The van der Waals surface area contributed by atoms with Gasteiger partial charge in [-0.3, -0.25) is 0 Å². The third kappa shape index (κ3) is 1.62. The predicted octanol–water partition coefficient (Wildman–Crippen LogP) is 3.52. The summed E-state index contributed by atoms with van der Waals surface area (Å²) in [5.74, 6) is 0.529. The number of nitrogens with zero attached hydrogens (tertiary/aromatic N) is 1. The number of nitrogens with two attached hydrogens (primary N) is 1. The van der Waals surface area contributed by atoms with E-state index in [1.165, 1.54) is 6.07 Å². The molecule has 0 fully saturated rings. The van der Waals surface area contributed by atoms with Crippen LogP contribution in [0.4, 0.5) is 10.2 Å². The number of rotatable bonds is 1. The molecular formula is C14H11FN2O. The lowest BCUT2D eigenvalue weighted by Crippen LogP contribution is -1.93. The van der Waals surface area contributed by atoms with Gasteiger partial charge in [0.1, 0.15) is 11.6 Å². The zero-order valence-corrected chi connectivity index (χ0v) is 9.77. The first-order chi connectivity index (χ1) is 8.65. The molecule has 2 heterocycles. The molecule has 0 radical (unpaired) electrons. The average molecular weight is 242 g/mol. The number of hydrogen-bond acceptors (Lipinski definition) is 3. The molecule has 1 aromatic carbocycles. The molecule has 0 saturated heterocycles. The fourth-order valence-electron chi connectivity index (χ4n) is 1.94. The molecule has 3 nitrogen and oxygen atoms in total. The van der Waals surface area contributed by atoms with Crippen molar-refractivity contribution in [3.8, 4) is 11.3 Å². The van der Waals surface area contributed by atoms with E-state index in [4.69, 9.17) is 10.2 Å². The van der Waals surface area contributed by atoms with Gasteiger partial charge in [0.15, 0.2) is 11.4 Å². The zero-order chi connectivity index (χ0) is 12.7. The standard InChI is InChI=1S/C14H11FN2O/c1-8-5-10(14(16)17-7-8)12-6-9-3-2-4-11(15)13(9)18-12/h2-7H,1H3,(H2,16,17). The Morgan fingerprint density at radius 3 is 2.89 bits per heavy atom. The second kappa shape index (κ2) is 3.84. The van der Waals surface area contributed by atoms with Crippen molar-refractivity contribution >= 4 is 16.8 Å². The molecule has 90 valence electrons. The molecule has 2 aromatic heterocycles. The molecule has 0 unspecified atom stereocenters. The van der Waals surface area contributed by atoms with E-state index in [2.05, 4.69) is 4.98 Å². The van der Waals surface area contributed by atoms with Crippen molar-refractivity contribution in [1.29, 1.82) is 0 Å². The lowest BCUT2D eigenvalue weighted by molar-refractivity contribution is 0.569. The summed E-state index contributed by atoms with van der Waals surface area (Å²) in [7, 11) is 0. The topological polar surface area (TPSA) is 52.0 Å². The van der Waals surface area contributed by atoms with Crippen molar-refractivity contribution in [3.05, 3.63) is 47.9 Å². The lowest BCUT2D eigenvalue weighted by Gasteiger charge is -2.02. The third-order valence-corrected chi connectivity index (χ3v) is 2.82. The van der Waals surface area contributed by atoms with E-state index in [1.54, 1.807) is 24.4 Å². The molecule has 0 aliphatic carbocycles. The third-order valence-electron chi connectivity index (χ3n) is 2.82. The number of anilines is 1. The van der Waals surface area contributed by atoms with Crippen molar-refractivity contribution < 1.29 is 8.81 Å². The number of aromatic nitrogens is 1. The van der Waals surface area contributed by atoms with Gasteiger partial charge in [-0.25, -0.2) is 9.37 Å². The van der Waals surface area contributed by atoms with Crippen molar-refractivity contribution in [3.63, 3.8) is 0 Å². The maximum atomic E-state index is 13.6. The summed E-state index contributed by atoms with van der Waals surface area (Å²) in [6, 6.07) is 8.45. The summed E-state index contributed by atoms with van der Waals surface area (Å²) in [5, 5.41) is 0.714. The minimum Gasteiger partial charge on any atom is -0.453 e. The van der Waals surface area contributed by atoms with E-state index in [-0.39, 0.29) is 11.4 Å². The highest BCUT2D eigenvalue weighted by atomic mass is 19.1. The van der Waals surface area contributed by atoms with Gasteiger partial charge in [0.25, 0.3) is 0 Å². The summed E-state index contributed by atoms with van der Waals surface area (Å²) in [4.78, 5) is 4.07. The quantitative estimate of drug-likeness (QED) is 0.710. The fraction of sp³-hybridized carbons (Fsp3) is 0.0714. The highest BCUT2D eigenvalue weighted by Gasteiger charge is 2.12. The number of nitrogen functional groups attached to an aromatic ring is 1. The molecule has 0 saturated carbocycles. The molecule has 0 amide bonds. The average Bonchev–Trinajstić information content (AvgIpc) is 2.77. The molecule has 0 atom stereocenters. The summed E-state index contributed by atoms with van der Waals surface area (Å²) < 4.78 is 19.1. The normalized spacial score (nSPS) is 11.0. The maximum Gasteiger partial charge on any atom is 0.170 e. The van der Waals surface area contributed by atoms with E-state index < -0.39 is 0 Å². The Hall–Kier alpha value is -2.36. The first kappa shape index (κ1) is 10.8. The zero-order valence-electron chi connectivity index (χ0n) is 9.77. The van der Waals surface area contributed by atoms with Gasteiger partial charge < -0.3 is 10.2 Å². The highest BCUT2D eigenvalue weighted by molar-refractivity contribution is 5.85. The number of aryl methyl sites for hydroxylation is 1. The van der Waals surface area contributed by atoms with Crippen LogP contribution in [0.2, 0.25) is 0 Å². The monoisotopic (exact) mass is 242 g/mol. The number of halogens is 1. The molecule has 3 aromatic rings. The summed E-state index contributed by atoms with van der Waals surface area (Å²) >= 11 is 0. The second-order valence-electron chi connectivity index (χ2n) is 4.21. The van der Waals surface area contributed by atoms with Gasteiger partial charge in [-0.05, 0) is 30.7 Å². The van der Waals surface area contributed by atoms with E-state index in [0.717, 1.165) is 5.56 Å². The minimum absolute atomic E-state index is 0.244. The molecule has 0 aliphatic rings. The second-order valence-corrected chi connectivity index (χ2v) is 4.21. The van der Waals surface area contributed by atoms with E-state index in [0.29, 0.717) is 22.5 Å². The Labute approximate surface area is 103 Å². The number of pyridine rings is 1. The smallest absolute Gasteiger partial charge is 0.170 e. The van der Waals surface area contributed by atoms with Crippen LogP contribution in [0.3, 0.4) is 0 Å². The van der Waals surface area contributed by atoms with Crippen LogP contribution in [0.25, 0.3) is 22.3 Å². The van der Waals surface area contributed by atoms with Gasteiger partial charge in [-0.1, -0.05) is 12.1 Å². The van der Waals surface area contributed by atoms with Crippen LogP contribution in [0.15, 0.2) is 40.9 Å². The van der Waals surface area contributed by atoms with Gasteiger partial charge in [0.2, 0.25) is 0 Å². The summed E-state index contributed by atoms with van der Waals surface area (Å²) in [5.41, 5.74) is 7.72. The van der Waals surface area contributed by atoms with Crippen LogP contribution >= 0.6 is 0 Å². The maximum absolute atomic E-state index is 13.6. The van der Waals surface area contributed by atoms with Crippen LogP contribution < -0.4 is 5.73 Å². The summed E-state index contributed by atoms with van der Waals surface area (Å²) in [6.07, 6.45) is 1.68. The molecule has 0 bridgehead atoms. The van der Waals surface area contributed by atoms with Crippen LogP contribution in [-0.2, 0) is 0 Å². The van der Waals surface area contributed by atoms with Gasteiger partial charge in [0.05, 0.1) is 5.56 Å². The lowest BCUT2D eigenvalue weighted by atomic mass is 10.1. The molecule has 0 spiro atoms. The number of fused-ring (bicyclic) bond motifs is 1. The van der Waals surface area contributed by atoms with Crippen LogP contribution in [0.1, 0.15) is 5.56 Å². The minimum atomic E-state index is -0.377. The first-order valence-corrected chi connectivity index (χ1v) is 5.56. The van der Waals surface area contributed by atoms with Crippen molar-refractivity contribution in [2.24, 2.45) is 0 Å². The van der Waals surface area contributed by atoms with Gasteiger partial charge in [-0.2, -0.15) is 0 Å². The Bertz CT molecular complexity index is 734. The van der Waals surface area contributed by atoms with E-state index >= 15 is 0 Å². The summed E-state index contributed by atoms with van der Waals surface area (Å²) in [6.45, 7) is 1.92. The van der Waals surface area contributed by atoms with Crippen LogP contribution in [-0.4, -0.2) is 4.98 Å². The van der Waals surface area contributed by atoms with Crippen molar-refractivity contribution in [2.75, 3.05) is 5.73 Å². The van der Waals surface area contributed by atoms with Gasteiger partial charge in [0, 0.05) is 11.6 Å². The van der Waals surface area contributed by atoms with E-state index in [9.17, 15) is 4.39 Å². The molecule has 2 N–H and O–H groups in total. The van der Waals surface area contributed by atoms with Gasteiger partial charge in [-0.15, -0.1) is 0 Å². The van der Waals surface area contributed by atoms with Crippen LogP contribution in [0.5, 0.6) is 0 Å². The Morgan fingerprint density at radius 2 is 2.11 bits per heavy atom. The van der Waals surface area contributed by atoms with Gasteiger partial charge >= 0.3 is 0 Å². The molecular weight excluding hydrogens is 231 g/mol. The van der Waals surface area contributed by atoms with E-state index in [1.807, 2.05) is 13.0 Å². The number of hydrogen-bond donors (Lipinski definition) is 1. The number of para-hydroxylation sites is 1. The van der Waals surface area contributed by atoms with Crippen LogP contribution in [0, 0.1) is 12.7 Å².